The minimum atomic E-state index is 0.533. The van der Waals surface area contributed by atoms with Gasteiger partial charge < -0.3 is 5.73 Å². The Labute approximate surface area is 76.0 Å². The molecular formula is C11H8NO. The lowest BCUT2D eigenvalue weighted by molar-refractivity contribution is 0.563. The summed E-state index contributed by atoms with van der Waals surface area (Å²) in [6.45, 7) is 0. The van der Waals surface area contributed by atoms with E-state index in [1.165, 1.54) is 0 Å². The third-order valence-electron chi connectivity index (χ3n) is 2.03. The zero-order chi connectivity index (χ0) is 9.26. The number of rotatable bonds is 1. The molecule has 2 N–H and O–H groups in total. The molecule has 0 amide bonds. The van der Waals surface area contributed by atoms with Gasteiger partial charge in [0.05, 0.1) is 0 Å². The molecule has 0 heterocycles. The van der Waals surface area contributed by atoms with Gasteiger partial charge in [0, 0.05) is 16.6 Å². The number of fused-ring (bicyclic) bond motifs is 1. The molecule has 0 bridgehead atoms. The molecule has 2 aromatic carbocycles. The summed E-state index contributed by atoms with van der Waals surface area (Å²) >= 11 is 0. The summed E-state index contributed by atoms with van der Waals surface area (Å²) < 4.78 is 0. The normalized spacial score (nSPS) is 10.2. The van der Waals surface area contributed by atoms with Crippen LogP contribution in [0.15, 0.2) is 36.4 Å². The standard InChI is InChI=1S/C11H8NO/c12-11-3-1-2-9-5-4-8(7-13)6-10(9)11/h1-6H,12H2. The summed E-state index contributed by atoms with van der Waals surface area (Å²) in [5.74, 6) is 0. The van der Waals surface area contributed by atoms with Crippen LogP contribution < -0.4 is 5.73 Å². The Morgan fingerprint density at radius 1 is 1.15 bits per heavy atom. The van der Waals surface area contributed by atoms with Gasteiger partial charge in [0.15, 0.2) is 0 Å². The summed E-state index contributed by atoms with van der Waals surface area (Å²) in [6, 6.07) is 11.0. The highest BCUT2D eigenvalue weighted by atomic mass is 16.1. The van der Waals surface area contributed by atoms with Crippen molar-refractivity contribution >= 4 is 22.7 Å². The number of nitrogens with two attached hydrogens (primary N) is 1. The van der Waals surface area contributed by atoms with Crippen molar-refractivity contribution in [2.45, 2.75) is 0 Å². The van der Waals surface area contributed by atoms with Crippen LogP contribution >= 0.6 is 0 Å². The molecule has 2 nitrogen and oxygen atoms in total. The molecule has 2 aromatic rings. The van der Waals surface area contributed by atoms with E-state index >= 15 is 0 Å². The Kier molecular flexibility index (Phi) is 1.74. The van der Waals surface area contributed by atoms with Crippen LogP contribution in [0.1, 0.15) is 5.56 Å². The van der Waals surface area contributed by atoms with Gasteiger partial charge in [-0.25, -0.2) is 0 Å². The SMILES string of the molecule is Nc1cccc2ccc([C]=O)cc12. The fraction of sp³-hybridized carbons (Fsp3) is 0. The Morgan fingerprint density at radius 2 is 2.00 bits per heavy atom. The van der Waals surface area contributed by atoms with Crippen molar-refractivity contribution in [1.29, 1.82) is 0 Å². The van der Waals surface area contributed by atoms with E-state index in [4.69, 9.17) is 5.73 Å². The summed E-state index contributed by atoms with van der Waals surface area (Å²) in [5.41, 5.74) is 6.97. The Hall–Kier alpha value is -1.83. The molecule has 1 radical (unpaired) electrons. The van der Waals surface area contributed by atoms with Gasteiger partial charge >= 0.3 is 0 Å². The van der Waals surface area contributed by atoms with Crippen LogP contribution in [0.4, 0.5) is 5.69 Å². The first-order valence-corrected chi connectivity index (χ1v) is 3.97. The molecule has 0 spiro atoms. The Balaban J connectivity index is 2.81. The van der Waals surface area contributed by atoms with Crippen LogP contribution in [0, 0.1) is 0 Å². The average Bonchev–Trinajstić information content (AvgIpc) is 2.18. The van der Waals surface area contributed by atoms with Crippen LogP contribution in [0.3, 0.4) is 0 Å². The van der Waals surface area contributed by atoms with E-state index in [1.54, 1.807) is 12.1 Å². The number of benzene rings is 2. The number of hydrogen-bond donors (Lipinski definition) is 1. The fourth-order valence-electron chi connectivity index (χ4n) is 1.36. The largest absolute Gasteiger partial charge is 0.398 e. The fourth-order valence-corrected chi connectivity index (χ4v) is 1.36. The van der Waals surface area contributed by atoms with Crippen molar-refractivity contribution in [3.63, 3.8) is 0 Å². The quantitative estimate of drug-likeness (QED) is 0.664. The van der Waals surface area contributed by atoms with E-state index in [2.05, 4.69) is 0 Å². The van der Waals surface area contributed by atoms with E-state index in [-0.39, 0.29) is 0 Å². The molecule has 0 aliphatic carbocycles. The molecule has 0 saturated heterocycles. The van der Waals surface area contributed by atoms with E-state index < -0.39 is 0 Å². The van der Waals surface area contributed by atoms with Gasteiger partial charge in [-0.1, -0.05) is 24.3 Å². The molecule has 13 heavy (non-hydrogen) atoms. The van der Waals surface area contributed by atoms with E-state index in [0.29, 0.717) is 11.3 Å². The number of hydrogen-bond acceptors (Lipinski definition) is 2. The van der Waals surface area contributed by atoms with E-state index in [9.17, 15) is 4.79 Å². The van der Waals surface area contributed by atoms with Crippen LogP contribution in [-0.2, 0) is 4.79 Å². The molecule has 0 atom stereocenters. The summed E-state index contributed by atoms with van der Waals surface area (Å²) in [7, 11) is 0. The van der Waals surface area contributed by atoms with Gasteiger partial charge in [-0.15, -0.1) is 0 Å². The van der Waals surface area contributed by atoms with E-state index in [0.717, 1.165) is 10.8 Å². The van der Waals surface area contributed by atoms with Crippen LogP contribution in [-0.4, -0.2) is 6.29 Å². The van der Waals surface area contributed by atoms with Crippen molar-refractivity contribution in [3.8, 4) is 0 Å². The third-order valence-corrected chi connectivity index (χ3v) is 2.03. The second kappa shape index (κ2) is 2.90. The molecular weight excluding hydrogens is 162 g/mol. The summed E-state index contributed by atoms with van der Waals surface area (Å²) in [6.07, 6.45) is 1.84. The third kappa shape index (κ3) is 1.26. The maximum atomic E-state index is 10.4. The number of nitrogen functional groups attached to an aromatic ring is 1. The second-order valence-electron chi connectivity index (χ2n) is 2.89. The summed E-state index contributed by atoms with van der Waals surface area (Å²) in [5, 5.41) is 1.95. The second-order valence-corrected chi connectivity index (χ2v) is 2.89. The molecule has 63 valence electrons. The minimum absolute atomic E-state index is 0.533. The Bertz CT molecular complexity index is 463. The lowest BCUT2D eigenvalue weighted by Crippen LogP contribution is -1.87. The predicted octanol–water partition coefficient (Wildman–Crippen LogP) is 1.88. The highest BCUT2D eigenvalue weighted by Crippen LogP contribution is 2.21. The van der Waals surface area contributed by atoms with Gasteiger partial charge in [-0.3, -0.25) is 4.79 Å². The number of carbonyl (C=O) groups excluding carboxylic acids is 1. The molecule has 0 fully saturated rings. The molecule has 0 aliphatic rings. The topological polar surface area (TPSA) is 43.1 Å². The van der Waals surface area contributed by atoms with Crippen LogP contribution in [0.2, 0.25) is 0 Å². The monoisotopic (exact) mass is 170 g/mol. The maximum absolute atomic E-state index is 10.4. The zero-order valence-electron chi connectivity index (χ0n) is 6.95. The molecule has 2 heteroatoms. The zero-order valence-corrected chi connectivity index (χ0v) is 6.95. The molecule has 0 aliphatic heterocycles. The average molecular weight is 170 g/mol. The van der Waals surface area contributed by atoms with Crippen molar-refractivity contribution < 1.29 is 4.79 Å². The van der Waals surface area contributed by atoms with Gasteiger partial charge in [0.2, 0.25) is 6.29 Å². The minimum Gasteiger partial charge on any atom is -0.398 e. The van der Waals surface area contributed by atoms with E-state index in [1.807, 2.05) is 30.6 Å². The smallest absolute Gasteiger partial charge is 0.233 e. The lowest BCUT2D eigenvalue weighted by atomic mass is 10.1. The van der Waals surface area contributed by atoms with Crippen molar-refractivity contribution in [2.75, 3.05) is 5.73 Å². The lowest BCUT2D eigenvalue weighted by Gasteiger charge is -2.01. The highest BCUT2D eigenvalue weighted by molar-refractivity contribution is 5.96. The van der Waals surface area contributed by atoms with Crippen molar-refractivity contribution in [2.24, 2.45) is 0 Å². The van der Waals surface area contributed by atoms with Crippen LogP contribution in [0.25, 0.3) is 10.8 Å². The molecule has 2 rings (SSSR count). The Morgan fingerprint density at radius 3 is 2.77 bits per heavy atom. The maximum Gasteiger partial charge on any atom is 0.233 e. The summed E-state index contributed by atoms with van der Waals surface area (Å²) in [4.78, 5) is 10.4. The number of anilines is 1. The van der Waals surface area contributed by atoms with Crippen LogP contribution in [0.5, 0.6) is 0 Å². The van der Waals surface area contributed by atoms with Crippen molar-refractivity contribution in [1.82, 2.24) is 0 Å². The first kappa shape index (κ1) is 7.80. The highest BCUT2D eigenvalue weighted by Gasteiger charge is 1.98. The van der Waals surface area contributed by atoms with Gasteiger partial charge in [0.25, 0.3) is 0 Å². The van der Waals surface area contributed by atoms with Gasteiger partial charge in [0.1, 0.15) is 0 Å². The molecule has 0 aromatic heterocycles. The molecule has 0 unspecified atom stereocenters. The predicted molar refractivity (Wildman–Crippen MR) is 53.2 cm³/mol. The van der Waals surface area contributed by atoms with Crippen molar-refractivity contribution in [3.05, 3.63) is 42.0 Å². The first-order valence-electron chi connectivity index (χ1n) is 3.97. The molecule has 0 saturated carbocycles. The van der Waals surface area contributed by atoms with Gasteiger partial charge in [-0.2, -0.15) is 0 Å². The first-order chi connectivity index (χ1) is 6.31. The van der Waals surface area contributed by atoms with Gasteiger partial charge in [-0.05, 0) is 17.5 Å².